The number of esters is 2. The Bertz CT molecular complexity index is 277. The highest BCUT2D eigenvalue weighted by molar-refractivity contribution is 5.87. The molecule has 0 heterocycles. The zero-order valence-corrected chi connectivity index (χ0v) is 10.4. The topological polar surface area (TPSA) is 81.7 Å². The van der Waals surface area contributed by atoms with Crippen LogP contribution in [0.2, 0.25) is 0 Å². The summed E-state index contributed by atoms with van der Waals surface area (Å²) in [6.07, 6.45) is 0.0249. The van der Waals surface area contributed by atoms with E-state index in [1.54, 1.807) is 20.8 Å². The molecule has 0 aromatic heterocycles. The average Bonchev–Trinajstić information content (AvgIpc) is 2.28. The predicted octanol–water partition coefficient (Wildman–Crippen LogP) is 0.397. The van der Waals surface area contributed by atoms with Gasteiger partial charge in [0.05, 0.1) is 19.6 Å². The van der Waals surface area contributed by atoms with Crippen LogP contribution in [0, 0.1) is 0 Å². The quantitative estimate of drug-likeness (QED) is 0.656. The Morgan fingerprint density at radius 3 is 2.12 bits per heavy atom. The van der Waals surface area contributed by atoms with Gasteiger partial charge in [0.1, 0.15) is 6.04 Å². The molecule has 0 fully saturated rings. The Morgan fingerprint density at radius 1 is 1.06 bits per heavy atom. The third-order valence-electron chi connectivity index (χ3n) is 1.90. The van der Waals surface area contributed by atoms with E-state index in [2.05, 4.69) is 5.32 Å². The van der Waals surface area contributed by atoms with Gasteiger partial charge in [0.2, 0.25) is 5.91 Å². The van der Waals surface area contributed by atoms with E-state index >= 15 is 0 Å². The average molecular weight is 245 g/mol. The van der Waals surface area contributed by atoms with Crippen molar-refractivity contribution < 1.29 is 23.9 Å². The number of carbonyl (C=O) groups excluding carboxylic acids is 3. The lowest BCUT2D eigenvalue weighted by Crippen LogP contribution is -2.43. The van der Waals surface area contributed by atoms with Crippen LogP contribution in [-0.4, -0.2) is 37.1 Å². The molecule has 0 bridgehead atoms. The van der Waals surface area contributed by atoms with Crippen LogP contribution >= 0.6 is 0 Å². The SMILES string of the molecule is CCOC(=O)CC(NC(=O)CC)C(=O)OCC. The summed E-state index contributed by atoms with van der Waals surface area (Å²) < 4.78 is 9.48. The molecule has 17 heavy (non-hydrogen) atoms. The smallest absolute Gasteiger partial charge is 0.329 e. The van der Waals surface area contributed by atoms with E-state index in [4.69, 9.17) is 9.47 Å². The predicted molar refractivity (Wildman–Crippen MR) is 60.1 cm³/mol. The van der Waals surface area contributed by atoms with Crippen molar-refractivity contribution in [3.63, 3.8) is 0 Å². The molecule has 0 spiro atoms. The summed E-state index contributed by atoms with van der Waals surface area (Å²) in [6.45, 7) is 5.40. The van der Waals surface area contributed by atoms with Crippen molar-refractivity contribution in [3.05, 3.63) is 0 Å². The van der Waals surface area contributed by atoms with Crippen molar-refractivity contribution in [2.45, 2.75) is 39.7 Å². The van der Waals surface area contributed by atoms with Crippen molar-refractivity contribution in [1.82, 2.24) is 5.32 Å². The first kappa shape index (κ1) is 15.4. The van der Waals surface area contributed by atoms with E-state index in [-0.39, 0.29) is 32.0 Å². The fourth-order valence-electron chi connectivity index (χ4n) is 1.12. The summed E-state index contributed by atoms with van der Waals surface area (Å²) in [7, 11) is 0. The van der Waals surface area contributed by atoms with E-state index in [0.717, 1.165) is 0 Å². The first-order chi connectivity index (χ1) is 8.04. The lowest BCUT2D eigenvalue weighted by atomic mass is 10.2. The van der Waals surface area contributed by atoms with Gasteiger partial charge in [0.25, 0.3) is 0 Å². The normalized spacial score (nSPS) is 11.5. The molecule has 0 aliphatic rings. The molecule has 1 unspecified atom stereocenters. The molecule has 6 heteroatoms. The zero-order valence-electron chi connectivity index (χ0n) is 10.4. The first-order valence-electron chi connectivity index (χ1n) is 5.66. The van der Waals surface area contributed by atoms with E-state index in [9.17, 15) is 14.4 Å². The number of amides is 1. The minimum absolute atomic E-state index is 0.195. The van der Waals surface area contributed by atoms with Gasteiger partial charge < -0.3 is 14.8 Å². The van der Waals surface area contributed by atoms with E-state index in [0.29, 0.717) is 0 Å². The van der Waals surface area contributed by atoms with E-state index in [1.165, 1.54) is 0 Å². The fourth-order valence-corrected chi connectivity index (χ4v) is 1.12. The number of hydrogen-bond acceptors (Lipinski definition) is 5. The molecule has 0 saturated heterocycles. The monoisotopic (exact) mass is 245 g/mol. The van der Waals surface area contributed by atoms with Gasteiger partial charge in [-0.15, -0.1) is 0 Å². The summed E-state index contributed by atoms with van der Waals surface area (Å²) in [5, 5.41) is 2.43. The molecule has 98 valence electrons. The molecule has 0 rings (SSSR count). The fraction of sp³-hybridized carbons (Fsp3) is 0.727. The van der Waals surface area contributed by atoms with Gasteiger partial charge >= 0.3 is 11.9 Å². The summed E-state index contributed by atoms with van der Waals surface area (Å²) in [5.74, 6) is -1.48. The van der Waals surface area contributed by atoms with Gasteiger partial charge in [0, 0.05) is 6.42 Å². The van der Waals surface area contributed by atoms with E-state index in [1.807, 2.05) is 0 Å². The summed E-state index contributed by atoms with van der Waals surface area (Å²) in [4.78, 5) is 33.9. The molecule has 0 aromatic carbocycles. The molecule has 1 amide bonds. The van der Waals surface area contributed by atoms with Crippen LogP contribution in [0.25, 0.3) is 0 Å². The molecule has 0 aromatic rings. The summed E-state index contributed by atoms with van der Waals surface area (Å²) in [6, 6.07) is -0.971. The van der Waals surface area contributed by atoms with Crippen molar-refractivity contribution in [3.8, 4) is 0 Å². The Morgan fingerprint density at radius 2 is 1.65 bits per heavy atom. The first-order valence-corrected chi connectivity index (χ1v) is 5.66. The number of ether oxygens (including phenoxy) is 2. The molecular formula is C11H19NO5. The Labute approximate surface area is 101 Å². The van der Waals surface area contributed by atoms with Crippen LogP contribution in [0.3, 0.4) is 0 Å². The molecule has 1 atom stereocenters. The Balaban J connectivity index is 4.44. The van der Waals surface area contributed by atoms with Gasteiger partial charge in [-0.1, -0.05) is 6.92 Å². The molecule has 0 aliphatic carbocycles. The van der Waals surface area contributed by atoms with Crippen LogP contribution < -0.4 is 5.32 Å². The molecule has 0 aliphatic heterocycles. The maximum absolute atomic E-state index is 11.5. The second-order valence-electron chi connectivity index (χ2n) is 3.23. The van der Waals surface area contributed by atoms with E-state index < -0.39 is 18.0 Å². The largest absolute Gasteiger partial charge is 0.466 e. The van der Waals surface area contributed by atoms with Gasteiger partial charge in [-0.3, -0.25) is 9.59 Å². The molecule has 6 nitrogen and oxygen atoms in total. The van der Waals surface area contributed by atoms with Crippen molar-refractivity contribution in [2.75, 3.05) is 13.2 Å². The standard InChI is InChI=1S/C11H19NO5/c1-4-9(13)12-8(11(15)17-6-3)7-10(14)16-5-2/h8H,4-7H2,1-3H3,(H,12,13). The minimum Gasteiger partial charge on any atom is -0.466 e. The number of rotatable bonds is 7. The van der Waals surface area contributed by atoms with Crippen LogP contribution in [0.1, 0.15) is 33.6 Å². The van der Waals surface area contributed by atoms with Gasteiger partial charge in [0.15, 0.2) is 0 Å². The molecule has 1 N–H and O–H groups in total. The third-order valence-corrected chi connectivity index (χ3v) is 1.90. The lowest BCUT2D eigenvalue weighted by molar-refractivity contribution is -0.153. The second-order valence-corrected chi connectivity index (χ2v) is 3.23. The maximum Gasteiger partial charge on any atom is 0.329 e. The summed E-state index contributed by atoms with van der Waals surface area (Å²) in [5.41, 5.74) is 0. The van der Waals surface area contributed by atoms with Crippen molar-refractivity contribution >= 4 is 17.8 Å². The molecule has 0 saturated carbocycles. The highest BCUT2D eigenvalue weighted by Gasteiger charge is 2.25. The van der Waals surface area contributed by atoms with Crippen molar-refractivity contribution in [2.24, 2.45) is 0 Å². The number of hydrogen-bond donors (Lipinski definition) is 1. The van der Waals surface area contributed by atoms with Gasteiger partial charge in [-0.25, -0.2) is 4.79 Å². The zero-order chi connectivity index (χ0) is 13.3. The highest BCUT2D eigenvalue weighted by atomic mass is 16.5. The van der Waals surface area contributed by atoms with Crippen LogP contribution in [-0.2, 0) is 23.9 Å². The van der Waals surface area contributed by atoms with Gasteiger partial charge in [-0.2, -0.15) is 0 Å². The van der Waals surface area contributed by atoms with Crippen LogP contribution in [0.5, 0.6) is 0 Å². The van der Waals surface area contributed by atoms with Crippen LogP contribution in [0.4, 0.5) is 0 Å². The lowest BCUT2D eigenvalue weighted by Gasteiger charge is -2.15. The maximum atomic E-state index is 11.5. The molecular weight excluding hydrogens is 226 g/mol. The van der Waals surface area contributed by atoms with Gasteiger partial charge in [-0.05, 0) is 13.8 Å². The minimum atomic E-state index is -0.971. The molecule has 0 radical (unpaired) electrons. The van der Waals surface area contributed by atoms with Crippen LogP contribution in [0.15, 0.2) is 0 Å². The third kappa shape index (κ3) is 6.55. The second kappa shape index (κ2) is 8.55. The Kier molecular flexibility index (Phi) is 7.75. The number of nitrogens with one attached hydrogen (secondary N) is 1. The summed E-state index contributed by atoms with van der Waals surface area (Å²) >= 11 is 0. The highest BCUT2D eigenvalue weighted by Crippen LogP contribution is 1.99. The Hall–Kier alpha value is -1.59. The van der Waals surface area contributed by atoms with Crippen molar-refractivity contribution in [1.29, 1.82) is 0 Å². The number of carbonyl (C=O) groups is 3.